The summed E-state index contributed by atoms with van der Waals surface area (Å²) in [6.07, 6.45) is 6.13. The van der Waals surface area contributed by atoms with Crippen molar-refractivity contribution in [1.82, 2.24) is 5.32 Å². The van der Waals surface area contributed by atoms with Gasteiger partial charge in [0.2, 0.25) is 0 Å². The minimum atomic E-state index is -0.0359. The van der Waals surface area contributed by atoms with Gasteiger partial charge in [0, 0.05) is 0 Å². The van der Waals surface area contributed by atoms with Gasteiger partial charge < -0.3 is 5.32 Å². The molecule has 9 heavy (non-hydrogen) atoms. The highest BCUT2D eigenvalue weighted by molar-refractivity contribution is 9.10. The van der Waals surface area contributed by atoms with E-state index < -0.39 is 0 Å². The molecule has 0 amide bonds. The fourth-order valence-electron chi connectivity index (χ4n) is 0.853. The summed E-state index contributed by atoms with van der Waals surface area (Å²) < 4.78 is -0.0359. The van der Waals surface area contributed by atoms with Crippen LogP contribution < -0.4 is 5.32 Å². The van der Waals surface area contributed by atoms with E-state index in [4.69, 9.17) is 0 Å². The highest BCUT2D eigenvalue weighted by Gasteiger charge is 2.15. The molecule has 0 aliphatic carbocycles. The van der Waals surface area contributed by atoms with Crippen molar-refractivity contribution >= 4 is 15.9 Å². The Bertz CT molecular complexity index is 168. The van der Waals surface area contributed by atoms with Gasteiger partial charge in [0.1, 0.15) is 4.45 Å². The number of allylic oxidation sites excluding steroid dienone is 2. The summed E-state index contributed by atoms with van der Waals surface area (Å²) in [7, 11) is 0. The molecule has 2 heteroatoms. The number of rotatable bonds is 0. The molecule has 1 nitrogen and oxygen atoms in total. The van der Waals surface area contributed by atoms with Gasteiger partial charge in [-0.05, 0) is 32.2 Å². The Labute approximate surface area is 64.0 Å². The van der Waals surface area contributed by atoms with Crippen LogP contribution in [0.5, 0.6) is 0 Å². The molecule has 1 rings (SSSR count). The maximum atomic E-state index is 3.49. The average molecular weight is 188 g/mol. The van der Waals surface area contributed by atoms with Crippen molar-refractivity contribution in [2.75, 3.05) is 0 Å². The Hall–Kier alpha value is -0.240. The summed E-state index contributed by atoms with van der Waals surface area (Å²) in [5.41, 5.74) is 1.29. The topological polar surface area (TPSA) is 12.0 Å². The predicted octanol–water partition coefficient (Wildman–Crippen LogP) is 2.16. The van der Waals surface area contributed by atoms with Gasteiger partial charge in [0.25, 0.3) is 0 Å². The van der Waals surface area contributed by atoms with Gasteiger partial charge >= 0.3 is 0 Å². The molecule has 0 aromatic heterocycles. The molecule has 1 atom stereocenters. The SMILES string of the molecule is CC1=CC(C)(Br)NC=C1. The summed E-state index contributed by atoms with van der Waals surface area (Å²) in [6.45, 7) is 4.15. The largest absolute Gasteiger partial charge is 0.373 e. The van der Waals surface area contributed by atoms with E-state index in [1.54, 1.807) is 0 Å². The van der Waals surface area contributed by atoms with Gasteiger partial charge in [-0.1, -0.05) is 21.5 Å². The number of hydrogen-bond donors (Lipinski definition) is 1. The van der Waals surface area contributed by atoms with Gasteiger partial charge in [0.15, 0.2) is 0 Å². The first-order chi connectivity index (χ1) is 4.10. The molecule has 0 saturated heterocycles. The van der Waals surface area contributed by atoms with Gasteiger partial charge in [0.05, 0.1) is 0 Å². The molecule has 1 aliphatic rings. The first-order valence-corrected chi connectivity index (χ1v) is 3.72. The lowest BCUT2D eigenvalue weighted by Crippen LogP contribution is -2.31. The highest BCUT2D eigenvalue weighted by Crippen LogP contribution is 2.20. The van der Waals surface area contributed by atoms with Gasteiger partial charge in [-0.3, -0.25) is 0 Å². The summed E-state index contributed by atoms with van der Waals surface area (Å²) in [5, 5.41) is 3.15. The molecule has 1 N–H and O–H groups in total. The number of halogens is 1. The van der Waals surface area contributed by atoms with Crippen molar-refractivity contribution in [1.29, 1.82) is 0 Å². The molecule has 0 bridgehead atoms. The summed E-state index contributed by atoms with van der Waals surface area (Å²) >= 11 is 3.49. The standard InChI is InChI=1S/C7H10BrN/c1-6-3-4-9-7(2,8)5-6/h3-5,9H,1-2H3. The second-order valence-electron chi connectivity index (χ2n) is 2.44. The molecule has 0 saturated carbocycles. The lowest BCUT2D eigenvalue weighted by molar-refractivity contribution is 0.708. The Morgan fingerprint density at radius 2 is 2.33 bits per heavy atom. The molecule has 1 aliphatic heterocycles. The first kappa shape index (κ1) is 6.87. The molecule has 0 fully saturated rings. The van der Waals surface area contributed by atoms with Crippen LogP contribution in [0.3, 0.4) is 0 Å². The van der Waals surface area contributed by atoms with Crippen LogP contribution in [0.4, 0.5) is 0 Å². The molecule has 1 unspecified atom stereocenters. The van der Waals surface area contributed by atoms with E-state index in [0.717, 1.165) is 0 Å². The third-order valence-electron chi connectivity index (χ3n) is 1.21. The fourth-order valence-corrected chi connectivity index (χ4v) is 1.35. The third kappa shape index (κ3) is 1.86. The van der Waals surface area contributed by atoms with E-state index in [9.17, 15) is 0 Å². The zero-order chi connectivity index (χ0) is 6.91. The second kappa shape index (κ2) is 2.18. The Morgan fingerprint density at radius 3 is 2.67 bits per heavy atom. The molecular formula is C7H10BrN. The van der Waals surface area contributed by atoms with E-state index in [0.29, 0.717) is 0 Å². The molecule has 0 spiro atoms. The van der Waals surface area contributed by atoms with Crippen molar-refractivity contribution in [2.45, 2.75) is 18.3 Å². The van der Waals surface area contributed by atoms with E-state index in [2.05, 4.69) is 41.2 Å². The van der Waals surface area contributed by atoms with E-state index >= 15 is 0 Å². The smallest absolute Gasteiger partial charge is 0.109 e. The summed E-state index contributed by atoms with van der Waals surface area (Å²) in [6, 6.07) is 0. The summed E-state index contributed by atoms with van der Waals surface area (Å²) in [4.78, 5) is 0. The van der Waals surface area contributed by atoms with Crippen LogP contribution in [-0.2, 0) is 0 Å². The summed E-state index contributed by atoms with van der Waals surface area (Å²) in [5.74, 6) is 0. The Morgan fingerprint density at radius 1 is 1.67 bits per heavy atom. The lowest BCUT2D eigenvalue weighted by Gasteiger charge is -2.22. The average Bonchev–Trinajstić information content (AvgIpc) is 1.60. The maximum absolute atomic E-state index is 3.49. The number of hydrogen-bond acceptors (Lipinski definition) is 1. The number of dihydropyridines is 1. The molecule has 0 radical (unpaired) electrons. The number of alkyl halides is 1. The fraction of sp³-hybridized carbons (Fsp3) is 0.429. The highest BCUT2D eigenvalue weighted by atomic mass is 79.9. The van der Waals surface area contributed by atoms with Crippen LogP contribution in [0.1, 0.15) is 13.8 Å². The Balaban J connectivity index is 2.78. The molecule has 50 valence electrons. The quantitative estimate of drug-likeness (QED) is 0.453. The van der Waals surface area contributed by atoms with Crippen LogP contribution in [0.2, 0.25) is 0 Å². The second-order valence-corrected chi connectivity index (χ2v) is 4.09. The van der Waals surface area contributed by atoms with E-state index in [-0.39, 0.29) is 4.45 Å². The van der Waals surface area contributed by atoms with Gasteiger partial charge in [-0.25, -0.2) is 0 Å². The van der Waals surface area contributed by atoms with E-state index in [1.165, 1.54) is 5.57 Å². The first-order valence-electron chi connectivity index (χ1n) is 2.93. The minimum Gasteiger partial charge on any atom is -0.373 e. The van der Waals surface area contributed by atoms with Gasteiger partial charge in [-0.2, -0.15) is 0 Å². The maximum Gasteiger partial charge on any atom is 0.109 e. The number of nitrogens with one attached hydrogen (secondary N) is 1. The molecular weight excluding hydrogens is 178 g/mol. The van der Waals surface area contributed by atoms with Crippen LogP contribution in [0.25, 0.3) is 0 Å². The van der Waals surface area contributed by atoms with Crippen LogP contribution >= 0.6 is 15.9 Å². The zero-order valence-corrected chi connectivity index (χ0v) is 7.20. The monoisotopic (exact) mass is 187 g/mol. The van der Waals surface area contributed by atoms with Crippen molar-refractivity contribution in [3.63, 3.8) is 0 Å². The van der Waals surface area contributed by atoms with Crippen LogP contribution in [0.15, 0.2) is 23.9 Å². The Kier molecular flexibility index (Phi) is 1.66. The minimum absolute atomic E-state index is 0.0359. The van der Waals surface area contributed by atoms with E-state index in [1.807, 2.05) is 12.3 Å². The lowest BCUT2D eigenvalue weighted by atomic mass is 10.1. The van der Waals surface area contributed by atoms with Crippen molar-refractivity contribution in [3.8, 4) is 0 Å². The molecule has 1 heterocycles. The van der Waals surface area contributed by atoms with Crippen molar-refractivity contribution < 1.29 is 0 Å². The van der Waals surface area contributed by atoms with Crippen molar-refractivity contribution in [3.05, 3.63) is 23.9 Å². The van der Waals surface area contributed by atoms with Crippen molar-refractivity contribution in [2.24, 2.45) is 0 Å². The predicted molar refractivity (Wildman–Crippen MR) is 43.4 cm³/mol. The molecule has 0 aromatic rings. The van der Waals surface area contributed by atoms with Crippen LogP contribution in [-0.4, -0.2) is 4.45 Å². The molecule has 0 aromatic carbocycles. The third-order valence-corrected chi connectivity index (χ3v) is 1.67. The normalized spacial score (nSPS) is 33.4. The zero-order valence-electron chi connectivity index (χ0n) is 5.61. The van der Waals surface area contributed by atoms with Crippen LogP contribution in [0, 0.1) is 0 Å². The van der Waals surface area contributed by atoms with Gasteiger partial charge in [-0.15, -0.1) is 0 Å².